The summed E-state index contributed by atoms with van der Waals surface area (Å²) in [6.07, 6.45) is 0. The van der Waals surface area contributed by atoms with Crippen molar-refractivity contribution in [3.8, 4) is 0 Å². The number of hydrogen-bond acceptors (Lipinski definition) is 3. The van der Waals surface area contributed by atoms with E-state index < -0.39 is 0 Å². The standard InChI is InChI=1S/C17H27ClN4O/c1-17(2,22-8-10-23-11-9-22)13-21-16(19-3)20-12-14-6-4-5-7-15(14)18/h4-7H,8-13H2,1-3H3,(H2,19,20,21). The van der Waals surface area contributed by atoms with Crippen molar-refractivity contribution in [3.05, 3.63) is 34.9 Å². The predicted molar refractivity (Wildman–Crippen MR) is 96.1 cm³/mol. The number of guanidine groups is 1. The SMILES string of the molecule is CN=C(NCc1ccccc1Cl)NCC(C)(C)N1CCOCC1. The van der Waals surface area contributed by atoms with E-state index in [0.717, 1.165) is 49.4 Å². The van der Waals surface area contributed by atoms with Gasteiger partial charge in [-0.25, -0.2) is 0 Å². The third kappa shape index (κ3) is 5.37. The lowest BCUT2D eigenvalue weighted by Crippen LogP contribution is -2.56. The molecule has 1 aliphatic heterocycles. The summed E-state index contributed by atoms with van der Waals surface area (Å²) in [7, 11) is 1.78. The van der Waals surface area contributed by atoms with Gasteiger partial charge in [0.2, 0.25) is 0 Å². The van der Waals surface area contributed by atoms with Crippen LogP contribution in [-0.4, -0.2) is 56.3 Å². The normalized spacial score (nSPS) is 17.1. The molecule has 1 aromatic rings. The lowest BCUT2D eigenvalue weighted by Gasteiger charge is -2.41. The molecule has 1 aromatic carbocycles. The maximum absolute atomic E-state index is 6.18. The van der Waals surface area contributed by atoms with Crippen molar-refractivity contribution in [1.29, 1.82) is 0 Å². The summed E-state index contributed by atoms with van der Waals surface area (Å²) < 4.78 is 5.43. The van der Waals surface area contributed by atoms with E-state index in [1.54, 1.807) is 7.05 Å². The average Bonchev–Trinajstić information content (AvgIpc) is 2.57. The third-order valence-electron chi connectivity index (χ3n) is 4.18. The zero-order chi connectivity index (χ0) is 16.7. The van der Waals surface area contributed by atoms with Crippen LogP contribution in [0.5, 0.6) is 0 Å². The number of halogens is 1. The molecule has 128 valence electrons. The fourth-order valence-corrected chi connectivity index (χ4v) is 2.82. The summed E-state index contributed by atoms with van der Waals surface area (Å²) in [5, 5.41) is 7.49. The first-order chi connectivity index (χ1) is 11.0. The fraction of sp³-hybridized carbons (Fsp3) is 0.588. The van der Waals surface area contributed by atoms with Crippen LogP contribution in [0.1, 0.15) is 19.4 Å². The monoisotopic (exact) mass is 338 g/mol. The summed E-state index contributed by atoms with van der Waals surface area (Å²) in [4.78, 5) is 6.74. The smallest absolute Gasteiger partial charge is 0.191 e. The molecule has 1 heterocycles. The van der Waals surface area contributed by atoms with Crippen LogP contribution in [0.4, 0.5) is 0 Å². The van der Waals surface area contributed by atoms with Gasteiger partial charge in [-0.05, 0) is 25.5 Å². The van der Waals surface area contributed by atoms with Crippen LogP contribution < -0.4 is 10.6 Å². The zero-order valence-electron chi connectivity index (χ0n) is 14.2. The summed E-state index contributed by atoms with van der Waals surface area (Å²) in [6.45, 7) is 9.51. The molecule has 0 radical (unpaired) electrons. The molecule has 6 heteroatoms. The molecular weight excluding hydrogens is 312 g/mol. The molecule has 0 saturated carbocycles. The molecule has 1 aliphatic rings. The molecule has 0 bridgehead atoms. The van der Waals surface area contributed by atoms with Crippen LogP contribution in [0.25, 0.3) is 0 Å². The number of benzene rings is 1. The number of hydrogen-bond donors (Lipinski definition) is 2. The van der Waals surface area contributed by atoms with Gasteiger partial charge in [0.15, 0.2) is 5.96 Å². The second kappa shape index (κ2) is 8.52. The molecule has 0 aromatic heterocycles. The van der Waals surface area contributed by atoms with Gasteiger partial charge in [0.25, 0.3) is 0 Å². The number of morpholine rings is 1. The van der Waals surface area contributed by atoms with E-state index in [0.29, 0.717) is 6.54 Å². The van der Waals surface area contributed by atoms with Gasteiger partial charge in [-0.3, -0.25) is 9.89 Å². The van der Waals surface area contributed by atoms with Crippen LogP contribution in [0, 0.1) is 0 Å². The largest absolute Gasteiger partial charge is 0.379 e. The number of aliphatic imine (C=N–C) groups is 1. The molecule has 0 amide bonds. The van der Waals surface area contributed by atoms with Crippen LogP contribution in [0.3, 0.4) is 0 Å². The van der Waals surface area contributed by atoms with Crippen LogP contribution in [0.15, 0.2) is 29.3 Å². The van der Waals surface area contributed by atoms with Crippen LogP contribution >= 0.6 is 11.6 Å². The van der Waals surface area contributed by atoms with Gasteiger partial charge < -0.3 is 15.4 Å². The van der Waals surface area contributed by atoms with Crippen molar-refractivity contribution in [2.24, 2.45) is 4.99 Å². The Hall–Kier alpha value is -1.30. The van der Waals surface area contributed by atoms with Crippen LogP contribution in [-0.2, 0) is 11.3 Å². The maximum atomic E-state index is 6.18. The highest BCUT2D eigenvalue weighted by Crippen LogP contribution is 2.16. The first-order valence-corrected chi connectivity index (χ1v) is 8.41. The Morgan fingerprint density at radius 2 is 1.96 bits per heavy atom. The second-order valence-corrected chi connectivity index (χ2v) is 6.69. The molecule has 1 saturated heterocycles. The number of rotatable bonds is 5. The minimum Gasteiger partial charge on any atom is -0.379 e. The maximum Gasteiger partial charge on any atom is 0.191 e. The van der Waals surface area contributed by atoms with Gasteiger partial charge in [0, 0.05) is 43.8 Å². The van der Waals surface area contributed by atoms with Gasteiger partial charge in [0.05, 0.1) is 13.2 Å². The van der Waals surface area contributed by atoms with E-state index in [2.05, 4.69) is 34.4 Å². The van der Waals surface area contributed by atoms with Gasteiger partial charge in [0.1, 0.15) is 0 Å². The highest BCUT2D eigenvalue weighted by molar-refractivity contribution is 6.31. The Kier molecular flexibility index (Phi) is 6.69. The van der Waals surface area contributed by atoms with Crippen molar-refractivity contribution >= 4 is 17.6 Å². The molecule has 0 aliphatic carbocycles. The molecule has 1 fully saturated rings. The topological polar surface area (TPSA) is 48.9 Å². The predicted octanol–water partition coefficient (Wildman–Crippen LogP) is 2.12. The lowest BCUT2D eigenvalue weighted by atomic mass is 10.0. The van der Waals surface area contributed by atoms with Crippen molar-refractivity contribution in [1.82, 2.24) is 15.5 Å². The van der Waals surface area contributed by atoms with Gasteiger partial charge in [-0.1, -0.05) is 29.8 Å². The van der Waals surface area contributed by atoms with E-state index >= 15 is 0 Å². The highest BCUT2D eigenvalue weighted by Gasteiger charge is 2.28. The number of nitrogens with zero attached hydrogens (tertiary/aromatic N) is 2. The Morgan fingerprint density at radius 1 is 1.26 bits per heavy atom. The Bertz CT molecular complexity index is 527. The zero-order valence-corrected chi connectivity index (χ0v) is 15.0. The summed E-state index contributed by atoms with van der Waals surface area (Å²) in [5.41, 5.74) is 1.11. The van der Waals surface area contributed by atoms with Crippen molar-refractivity contribution in [2.45, 2.75) is 25.9 Å². The highest BCUT2D eigenvalue weighted by atomic mass is 35.5. The van der Waals surface area contributed by atoms with E-state index in [-0.39, 0.29) is 5.54 Å². The molecule has 0 spiro atoms. The summed E-state index contributed by atoms with van der Waals surface area (Å²) >= 11 is 6.18. The molecule has 0 atom stereocenters. The molecular formula is C17H27ClN4O. The number of nitrogens with one attached hydrogen (secondary N) is 2. The second-order valence-electron chi connectivity index (χ2n) is 6.28. The van der Waals surface area contributed by atoms with Gasteiger partial charge in [-0.2, -0.15) is 0 Å². The van der Waals surface area contributed by atoms with E-state index in [9.17, 15) is 0 Å². The quantitative estimate of drug-likeness (QED) is 0.638. The van der Waals surface area contributed by atoms with E-state index in [1.807, 2.05) is 24.3 Å². The van der Waals surface area contributed by atoms with Gasteiger partial charge >= 0.3 is 0 Å². The average molecular weight is 339 g/mol. The Balaban J connectivity index is 1.83. The van der Waals surface area contributed by atoms with Gasteiger partial charge in [-0.15, -0.1) is 0 Å². The molecule has 5 nitrogen and oxygen atoms in total. The number of ether oxygens (including phenoxy) is 1. The fourth-order valence-electron chi connectivity index (χ4n) is 2.62. The minimum absolute atomic E-state index is 0.0474. The molecule has 2 N–H and O–H groups in total. The molecule has 23 heavy (non-hydrogen) atoms. The van der Waals surface area contributed by atoms with Crippen molar-refractivity contribution in [2.75, 3.05) is 39.9 Å². The van der Waals surface area contributed by atoms with Crippen LogP contribution in [0.2, 0.25) is 5.02 Å². The first-order valence-electron chi connectivity index (χ1n) is 8.03. The molecule has 0 unspecified atom stereocenters. The van der Waals surface area contributed by atoms with E-state index in [1.165, 1.54) is 0 Å². The third-order valence-corrected chi connectivity index (χ3v) is 4.55. The van der Waals surface area contributed by atoms with Crippen molar-refractivity contribution < 1.29 is 4.74 Å². The lowest BCUT2D eigenvalue weighted by molar-refractivity contribution is -0.00834. The summed E-state index contributed by atoms with van der Waals surface area (Å²) in [6, 6.07) is 7.83. The minimum atomic E-state index is 0.0474. The Labute approximate surface area is 144 Å². The first kappa shape index (κ1) is 18.0. The van der Waals surface area contributed by atoms with E-state index in [4.69, 9.17) is 16.3 Å². The summed E-state index contributed by atoms with van der Waals surface area (Å²) in [5.74, 6) is 0.784. The van der Waals surface area contributed by atoms with Crippen molar-refractivity contribution in [3.63, 3.8) is 0 Å². The Morgan fingerprint density at radius 3 is 2.61 bits per heavy atom. The molecule has 2 rings (SSSR count).